The van der Waals surface area contributed by atoms with Crippen LogP contribution in [-0.2, 0) is 4.79 Å². The Labute approximate surface area is 115 Å². The maximum Gasteiger partial charge on any atom is 0.232 e. The van der Waals surface area contributed by atoms with Crippen LogP contribution in [0.4, 0.5) is 5.69 Å². The fourth-order valence-corrected chi connectivity index (χ4v) is 1.84. The average molecular weight is 264 g/mol. The number of para-hydroxylation sites is 2. The number of hydrogen-bond acceptors (Lipinski definition) is 3. The maximum atomic E-state index is 12.6. The van der Waals surface area contributed by atoms with Crippen molar-refractivity contribution in [1.29, 1.82) is 0 Å². The number of methoxy groups -OCH3 is 1. The minimum atomic E-state index is -0.435. The zero-order chi connectivity index (χ0) is 14.5. The molecule has 0 aliphatic rings. The SMILES string of the molecule is COc1ccccc1N(CCCN)C(=O)C(C)(C)C. The first-order valence-corrected chi connectivity index (χ1v) is 6.57. The highest BCUT2D eigenvalue weighted by molar-refractivity contribution is 5.98. The van der Waals surface area contributed by atoms with Crippen LogP contribution in [0.5, 0.6) is 5.75 Å². The molecule has 0 aliphatic carbocycles. The van der Waals surface area contributed by atoms with Crippen LogP contribution >= 0.6 is 0 Å². The zero-order valence-electron chi connectivity index (χ0n) is 12.3. The second-order valence-corrected chi connectivity index (χ2v) is 5.52. The third kappa shape index (κ3) is 3.96. The van der Waals surface area contributed by atoms with E-state index in [1.54, 1.807) is 12.0 Å². The largest absolute Gasteiger partial charge is 0.495 e. The minimum absolute atomic E-state index is 0.0745. The van der Waals surface area contributed by atoms with Gasteiger partial charge in [0.15, 0.2) is 0 Å². The smallest absolute Gasteiger partial charge is 0.232 e. The molecular formula is C15H24N2O2. The Kier molecular flexibility index (Phi) is 5.36. The number of rotatable bonds is 5. The van der Waals surface area contributed by atoms with Crippen LogP contribution < -0.4 is 15.4 Å². The first kappa shape index (κ1) is 15.5. The first-order valence-electron chi connectivity index (χ1n) is 6.57. The average Bonchev–Trinajstić information content (AvgIpc) is 2.38. The third-order valence-corrected chi connectivity index (χ3v) is 2.85. The zero-order valence-corrected chi connectivity index (χ0v) is 12.3. The molecule has 106 valence electrons. The molecule has 0 radical (unpaired) electrons. The molecule has 1 amide bonds. The number of anilines is 1. The molecule has 0 saturated carbocycles. The lowest BCUT2D eigenvalue weighted by Gasteiger charge is -2.30. The Morgan fingerprint density at radius 2 is 1.95 bits per heavy atom. The molecular weight excluding hydrogens is 240 g/mol. The number of hydrogen-bond donors (Lipinski definition) is 1. The molecule has 0 atom stereocenters. The molecule has 1 aromatic rings. The molecule has 2 N–H and O–H groups in total. The summed E-state index contributed by atoms with van der Waals surface area (Å²) in [5.41, 5.74) is 5.93. The number of nitrogens with two attached hydrogens (primary N) is 1. The highest BCUT2D eigenvalue weighted by Crippen LogP contribution is 2.31. The van der Waals surface area contributed by atoms with E-state index in [9.17, 15) is 4.79 Å². The number of nitrogens with zero attached hydrogens (tertiary/aromatic N) is 1. The molecule has 4 heteroatoms. The molecule has 0 fully saturated rings. The number of carbonyl (C=O) groups excluding carboxylic acids is 1. The molecule has 0 aliphatic heterocycles. The summed E-state index contributed by atoms with van der Waals surface area (Å²) in [5.74, 6) is 0.780. The van der Waals surface area contributed by atoms with Gasteiger partial charge in [0, 0.05) is 12.0 Å². The topological polar surface area (TPSA) is 55.6 Å². The van der Waals surface area contributed by atoms with Gasteiger partial charge in [-0.05, 0) is 25.1 Å². The predicted molar refractivity (Wildman–Crippen MR) is 78.5 cm³/mol. The fourth-order valence-electron chi connectivity index (χ4n) is 1.84. The first-order chi connectivity index (χ1) is 8.91. The lowest BCUT2D eigenvalue weighted by Crippen LogP contribution is -2.41. The quantitative estimate of drug-likeness (QED) is 0.888. The fraction of sp³-hybridized carbons (Fsp3) is 0.533. The van der Waals surface area contributed by atoms with Gasteiger partial charge in [-0.25, -0.2) is 0 Å². The van der Waals surface area contributed by atoms with Crippen LogP contribution in [0.25, 0.3) is 0 Å². The Morgan fingerprint density at radius 1 is 1.32 bits per heavy atom. The second-order valence-electron chi connectivity index (χ2n) is 5.52. The van der Waals surface area contributed by atoms with Crippen molar-refractivity contribution in [2.75, 3.05) is 25.1 Å². The van der Waals surface area contributed by atoms with E-state index < -0.39 is 5.41 Å². The summed E-state index contributed by atoms with van der Waals surface area (Å²) in [5, 5.41) is 0. The molecule has 19 heavy (non-hydrogen) atoms. The standard InChI is InChI=1S/C15H24N2O2/c1-15(2,3)14(18)17(11-7-10-16)12-8-5-6-9-13(12)19-4/h5-6,8-9H,7,10-11,16H2,1-4H3. The normalized spacial score (nSPS) is 11.2. The minimum Gasteiger partial charge on any atom is -0.495 e. The van der Waals surface area contributed by atoms with Gasteiger partial charge in [0.05, 0.1) is 12.8 Å². The van der Waals surface area contributed by atoms with Gasteiger partial charge in [0.25, 0.3) is 0 Å². The van der Waals surface area contributed by atoms with E-state index in [0.717, 1.165) is 12.1 Å². The third-order valence-electron chi connectivity index (χ3n) is 2.85. The van der Waals surface area contributed by atoms with E-state index in [0.29, 0.717) is 18.8 Å². The molecule has 1 rings (SSSR count). The van der Waals surface area contributed by atoms with Gasteiger partial charge in [-0.3, -0.25) is 4.79 Å². The van der Waals surface area contributed by atoms with Crippen molar-refractivity contribution >= 4 is 11.6 Å². The van der Waals surface area contributed by atoms with Crippen LogP contribution in [0.3, 0.4) is 0 Å². The highest BCUT2D eigenvalue weighted by atomic mass is 16.5. The molecule has 0 heterocycles. The van der Waals surface area contributed by atoms with E-state index in [4.69, 9.17) is 10.5 Å². The van der Waals surface area contributed by atoms with Crippen LogP contribution in [0.15, 0.2) is 24.3 Å². The highest BCUT2D eigenvalue weighted by Gasteiger charge is 2.29. The van der Waals surface area contributed by atoms with Crippen molar-refractivity contribution in [3.63, 3.8) is 0 Å². The maximum absolute atomic E-state index is 12.6. The Morgan fingerprint density at radius 3 is 2.47 bits per heavy atom. The number of amides is 1. The van der Waals surface area contributed by atoms with E-state index in [-0.39, 0.29) is 5.91 Å². The number of carbonyl (C=O) groups is 1. The number of benzene rings is 1. The van der Waals surface area contributed by atoms with Crippen LogP contribution in [0, 0.1) is 5.41 Å². The summed E-state index contributed by atoms with van der Waals surface area (Å²) in [6, 6.07) is 7.56. The molecule has 0 spiro atoms. The van der Waals surface area contributed by atoms with E-state index in [1.165, 1.54) is 0 Å². The predicted octanol–water partition coefficient (Wildman–Crippen LogP) is 2.42. The van der Waals surface area contributed by atoms with Crippen molar-refractivity contribution in [3.05, 3.63) is 24.3 Å². The van der Waals surface area contributed by atoms with Crippen LogP contribution in [0.2, 0.25) is 0 Å². The van der Waals surface area contributed by atoms with Crippen molar-refractivity contribution < 1.29 is 9.53 Å². The molecule has 0 saturated heterocycles. The Balaban J connectivity index is 3.12. The summed E-state index contributed by atoms with van der Waals surface area (Å²) >= 11 is 0. The van der Waals surface area contributed by atoms with Gasteiger partial charge in [0.2, 0.25) is 5.91 Å². The summed E-state index contributed by atoms with van der Waals surface area (Å²) in [6.07, 6.45) is 0.764. The molecule has 0 aromatic heterocycles. The lowest BCUT2D eigenvalue weighted by atomic mass is 9.94. The van der Waals surface area contributed by atoms with E-state index in [2.05, 4.69) is 0 Å². The van der Waals surface area contributed by atoms with E-state index in [1.807, 2.05) is 45.0 Å². The summed E-state index contributed by atoms with van der Waals surface area (Å²) in [7, 11) is 1.61. The van der Waals surface area contributed by atoms with Gasteiger partial charge in [0.1, 0.15) is 5.75 Å². The molecule has 1 aromatic carbocycles. The summed E-state index contributed by atoms with van der Waals surface area (Å²) in [6.45, 7) is 6.91. The van der Waals surface area contributed by atoms with Crippen molar-refractivity contribution in [2.24, 2.45) is 11.1 Å². The molecule has 0 bridgehead atoms. The van der Waals surface area contributed by atoms with Crippen molar-refractivity contribution in [2.45, 2.75) is 27.2 Å². The van der Waals surface area contributed by atoms with Crippen LogP contribution in [0.1, 0.15) is 27.2 Å². The van der Waals surface area contributed by atoms with Gasteiger partial charge in [-0.1, -0.05) is 32.9 Å². The van der Waals surface area contributed by atoms with Gasteiger partial charge in [-0.15, -0.1) is 0 Å². The Hall–Kier alpha value is -1.55. The number of ether oxygens (including phenoxy) is 1. The van der Waals surface area contributed by atoms with Crippen molar-refractivity contribution in [3.8, 4) is 5.75 Å². The summed E-state index contributed by atoms with van der Waals surface area (Å²) < 4.78 is 5.34. The second kappa shape index (κ2) is 6.57. The molecule has 4 nitrogen and oxygen atoms in total. The molecule has 0 unspecified atom stereocenters. The van der Waals surface area contributed by atoms with Gasteiger partial charge >= 0.3 is 0 Å². The monoisotopic (exact) mass is 264 g/mol. The van der Waals surface area contributed by atoms with Crippen molar-refractivity contribution in [1.82, 2.24) is 0 Å². The Bertz CT molecular complexity index is 424. The van der Waals surface area contributed by atoms with Crippen LogP contribution in [-0.4, -0.2) is 26.1 Å². The van der Waals surface area contributed by atoms with Gasteiger partial charge < -0.3 is 15.4 Å². The summed E-state index contributed by atoms with van der Waals surface area (Å²) in [4.78, 5) is 14.3. The lowest BCUT2D eigenvalue weighted by molar-refractivity contribution is -0.125. The van der Waals surface area contributed by atoms with E-state index >= 15 is 0 Å². The van der Waals surface area contributed by atoms with Gasteiger partial charge in [-0.2, -0.15) is 0 Å².